The van der Waals surface area contributed by atoms with Crippen molar-refractivity contribution < 1.29 is 19.1 Å². The smallest absolute Gasteiger partial charge is 0.337 e. The molecule has 0 spiro atoms. The Bertz CT molecular complexity index is 1420. The minimum absolute atomic E-state index is 0.196. The molecule has 0 radical (unpaired) electrons. The first-order valence-electron chi connectivity index (χ1n) is 11.7. The first-order chi connectivity index (χ1) is 19.0. The molecule has 4 aromatic rings. The van der Waals surface area contributed by atoms with Crippen LogP contribution >= 0.6 is 0 Å². The highest BCUT2D eigenvalue weighted by atomic mass is 16.5. The van der Waals surface area contributed by atoms with Crippen LogP contribution in [0.3, 0.4) is 0 Å². The van der Waals surface area contributed by atoms with Crippen LogP contribution in [0.4, 0.5) is 23.3 Å². The Morgan fingerprint density at radius 2 is 1.26 bits per heavy atom. The van der Waals surface area contributed by atoms with Crippen molar-refractivity contribution in [1.82, 2.24) is 9.97 Å². The summed E-state index contributed by atoms with van der Waals surface area (Å²) in [6.07, 6.45) is 3.09. The number of esters is 2. The molecule has 39 heavy (non-hydrogen) atoms. The van der Waals surface area contributed by atoms with Crippen molar-refractivity contribution in [2.45, 2.75) is 0 Å². The van der Waals surface area contributed by atoms with Crippen LogP contribution in [0.1, 0.15) is 31.8 Å². The fourth-order valence-corrected chi connectivity index (χ4v) is 3.35. The molecule has 0 aliphatic rings. The lowest BCUT2D eigenvalue weighted by molar-refractivity contribution is 0.0592. The Balaban J connectivity index is 1.53. The van der Waals surface area contributed by atoms with Gasteiger partial charge in [-0.05, 0) is 47.5 Å². The van der Waals surface area contributed by atoms with Gasteiger partial charge in [0.25, 0.3) is 0 Å². The summed E-state index contributed by atoms with van der Waals surface area (Å²) in [6.45, 7) is 0. The van der Waals surface area contributed by atoms with E-state index in [1.165, 1.54) is 20.4 Å². The number of carbonyl (C=O) groups excluding carboxylic acids is 2. The number of para-hydroxylation sites is 1. The highest BCUT2D eigenvalue weighted by molar-refractivity contribution is 5.93. The summed E-state index contributed by atoms with van der Waals surface area (Å²) in [5.41, 5.74) is 8.71. The number of anilines is 4. The van der Waals surface area contributed by atoms with Crippen LogP contribution in [0.2, 0.25) is 0 Å². The number of ether oxygens (including phenoxy) is 2. The summed E-state index contributed by atoms with van der Waals surface area (Å²) in [7, 11) is 2.66. The minimum Gasteiger partial charge on any atom is -0.465 e. The number of hydrazone groups is 2. The average Bonchev–Trinajstić information content (AvgIpc) is 2.97. The Kier molecular flexibility index (Phi) is 8.90. The summed E-state index contributed by atoms with van der Waals surface area (Å²) in [6, 6.07) is 24.9. The number of nitrogens with zero attached hydrogens (tertiary/aromatic N) is 4. The number of methoxy groups -OCH3 is 2. The Hall–Kier alpha value is -5.58. The molecule has 3 N–H and O–H groups in total. The maximum Gasteiger partial charge on any atom is 0.337 e. The summed E-state index contributed by atoms with van der Waals surface area (Å²) in [5.74, 6) is 0.205. The van der Waals surface area contributed by atoms with Crippen LogP contribution in [0.25, 0.3) is 0 Å². The molecule has 0 amide bonds. The van der Waals surface area contributed by atoms with Crippen molar-refractivity contribution in [2.75, 3.05) is 30.4 Å². The van der Waals surface area contributed by atoms with E-state index in [2.05, 4.69) is 36.3 Å². The van der Waals surface area contributed by atoms with E-state index in [0.717, 1.165) is 5.69 Å². The van der Waals surface area contributed by atoms with Crippen molar-refractivity contribution in [3.8, 4) is 0 Å². The third-order valence-electron chi connectivity index (χ3n) is 5.16. The zero-order valence-corrected chi connectivity index (χ0v) is 21.2. The van der Waals surface area contributed by atoms with Crippen molar-refractivity contribution in [3.05, 3.63) is 107 Å². The summed E-state index contributed by atoms with van der Waals surface area (Å²) < 4.78 is 9.52. The Labute approximate surface area is 224 Å². The van der Waals surface area contributed by atoms with E-state index in [-0.39, 0.29) is 5.95 Å². The van der Waals surface area contributed by atoms with E-state index in [1.54, 1.807) is 60.8 Å². The van der Waals surface area contributed by atoms with Gasteiger partial charge in [0.05, 0.1) is 37.8 Å². The predicted octanol–water partition coefficient (Wildman–Crippen LogP) is 4.69. The van der Waals surface area contributed by atoms with Crippen LogP contribution in [0, 0.1) is 0 Å². The lowest BCUT2D eigenvalue weighted by atomic mass is 10.1. The standard InChI is InChI=1S/C28H25N7O4/c1-38-26(36)21-10-6-8-19(14-21)17-29-34-25-16-24(31-23-12-4-3-5-13-23)32-28(33-25)35-30-18-20-9-7-11-22(15-20)27(37)39-2/h3-18H,1-2H3,(H3,31,32,33,34,35). The van der Waals surface area contributed by atoms with Crippen molar-refractivity contribution in [1.29, 1.82) is 0 Å². The van der Waals surface area contributed by atoms with Crippen molar-refractivity contribution in [2.24, 2.45) is 10.2 Å². The lowest BCUT2D eigenvalue weighted by Crippen LogP contribution is -2.05. The second-order valence-corrected chi connectivity index (χ2v) is 7.93. The number of rotatable bonds is 10. The van der Waals surface area contributed by atoms with Crippen molar-refractivity contribution in [3.63, 3.8) is 0 Å². The van der Waals surface area contributed by atoms with Gasteiger partial charge in [0, 0.05) is 11.8 Å². The molecule has 3 aromatic carbocycles. The van der Waals surface area contributed by atoms with Gasteiger partial charge in [0.1, 0.15) is 5.82 Å². The van der Waals surface area contributed by atoms with Crippen LogP contribution in [-0.4, -0.2) is 48.6 Å². The molecule has 0 aliphatic carbocycles. The molecule has 4 rings (SSSR count). The second-order valence-electron chi connectivity index (χ2n) is 7.93. The van der Waals surface area contributed by atoms with Crippen LogP contribution in [0.15, 0.2) is 95.1 Å². The zero-order chi connectivity index (χ0) is 27.5. The SMILES string of the molecule is COC(=O)c1cccc(C=NNc2cc(Nc3ccccc3)nc(NN=Cc3cccc(C(=O)OC)c3)n2)c1. The van der Waals surface area contributed by atoms with Gasteiger partial charge in [-0.2, -0.15) is 20.2 Å². The van der Waals surface area contributed by atoms with Crippen LogP contribution < -0.4 is 16.2 Å². The molecular formula is C28H25N7O4. The maximum atomic E-state index is 11.8. The summed E-state index contributed by atoms with van der Waals surface area (Å²) in [4.78, 5) is 32.4. The first-order valence-corrected chi connectivity index (χ1v) is 11.7. The number of hydrogen-bond acceptors (Lipinski definition) is 11. The molecule has 0 atom stereocenters. The third-order valence-corrected chi connectivity index (χ3v) is 5.16. The highest BCUT2D eigenvalue weighted by Crippen LogP contribution is 2.19. The Morgan fingerprint density at radius 1 is 0.692 bits per heavy atom. The molecule has 0 fully saturated rings. The first kappa shape index (κ1) is 26.5. The fraction of sp³-hybridized carbons (Fsp3) is 0.0714. The van der Waals surface area contributed by atoms with E-state index < -0.39 is 11.9 Å². The predicted molar refractivity (Wildman–Crippen MR) is 150 cm³/mol. The largest absolute Gasteiger partial charge is 0.465 e. The van der Waals surface area contributed by atoms with Gasteiger partial charge in [-0.15, -0.1) is 0 Å². The van der Waals surface area contributed by atoms with Gasteiger partial charge in [-0.3, -0.25) is 5.43 Å². The molecule has 11 nitrogen and oxygen atoms in total. The molecule has 11 heteroatoms. The summed E-state index contributed by atoms with van der Waals surface area (Å²) in [5, 5.41) is 11.7. The molecule has 0 saturated carbocycles. The Morgan fingerprint density at radius 3 is 1.85 bits per heavy atom. The van der Waals surface area contributed by atoms with E-state index >= 15 is 0 Å². The molecule has 0 aliphatic heterocycles. The topological polar surface area (TPSA) is 139 Å². The molecule has 1 heterocycles. The highest BCUT2D eigenvalue weighted by Gasteiger charge is 2.07. The van der Waals surface area contributed by atoms with Gasteiger partial charge in [-0.1, -0.05) is 42.5 Å². The van der Waals surface area contributed by atoms with Gasteiger partial charge in [0.15, 0.2) is 5.82 Å². The minimum atomic E-state index is -0.436. The van der Waals surface area contributed by atoms with Gasteiger partial charge < -0.3 is 14.8 Å². The number of carbonyl (C=O) groups is 2. The number of nitrogens with one attached hydrogen (secondary N) is 3. The van der Waals surface area contributed by atoms with E-state index in [9.17, 15) is 9.59 Å². The van der Waals surface area contributed by atoms with Gasteiger partial charge in [-0.25, -0.2) is 15.0 Å². The van der Waals surface area contributed by atoms with E-state index in [0.29, 0.717) is 33.9 Å². The number of aromatic nitrogens is 2. The molecular weight excluding hydrogens is 498 g/mol. The third kappa shape index (κ3) is 7.70. The van der Waals surface area contributed by atoms with Crippen LogP contribution in [0.5, 0.6) is 0 Å². The van der Waals surface area contributed by atoms with Crippen molar-refractivity contribution >= 4 is 47.6 Å². The normalized spacial score (nSPS) is 10.8. The molecule has 196 valence electrons. The molecule has 1 aromatic heterocycles. The lowest BCUT2D eigenvalue weighted by Gasteiger charge is -2.09. The molecule has 0 saturated heterocycles. The van der Waals surface area contributed by atoms with E-state index in [4.69, 9.17) is 9.47 Å². The second kappa shape index (κ2) is 13.1. The summed E-state index contributed by atoms with van der Waals surface area (Å²) >= 11 is 0. The molecule has 0 unspecified atom stereocenters. The quantitative estimate of drug-likeness (QED) is 0.153. The monoisotopic (exact) mass is 523 g/mol. The van der Waals surface area contributed by atoms with Crippen LogP contribution in [-0.2, 0) is 9.47 Å². The zero-order valence-electron chi connectivity index (χ0n) is 21.2. The number of hydrogen-bond donors (Lipinski definition) is 3. The van der Waals surface area contributed by atoms with Gasteiger partial charge >= 0.3 is 11.9 Å². The van der Waals surface area contributed by atoms with E-state index in [1.807, 2.05) is 30.3 Å². The fourth-order valence-electron chi connectivity index (χ4n) is 3.35. The number of benzene rings is 3. The maximum absolute atomic E-state index is 11.8. The van der Waals surface area contributed by atoms with Gasteiger partial charge in [0.2, 0.25) is 5.95 Å². The molecule has 0 bridgehead atoms. The average molecular weight is 524 g/mol.